The molecule has 1 aromatic rings. The van der Waals surface area contributed by atoms with Gasteiger partial charge in [-0.25, -0.2) is 0 Å². The van der Waals surface area contributed by atoms with Crippen LogP contribution in [0.1, 0.15) is 34.1 Å². The molecule has 1 heterocycles. The van der Waals surface area contributed by atoms with E-state index in [4.69, 9.17) is 10.5 Å². The van der Waals surface area contributed by atoms with Gasteiger partial charge in [-0.1, -0.05) is 6.92 Å². The topological polar surface area (TPSA) is 73.1 Å². The molecule has 5 nitrogen and oxygen atoms in total. The molecule has 1 rings (SSSR count). The summed E-state index contributed by atoms with van der Waals surface area (Å²) < 4.78 is 5.63. The van der Waals surface area contributed by atoms with Gasteiger partial charge < -0.3 is 15.8 Å². The largest absolute Gasteiger partial charge is 0.472 e. The van der Waals surface area contributed by atoms with Crippen LogP contribution in [-0.4, -0.2) is 22.1 Å². The quantitative estimate of drug-likeness (QED) is 0.819. The predicted octanol–water partition coefficient (Wildman–Crippen LogP) is 2.06. The number of nitrogen functional groups attached to an aromatic ring is 1. The van der Waals surface area contributed by atoms with Gasteiger partial charge in [-0.2, -0.15) is 9.97 Å². The first-order chi connectivity index (χ1) is 7.40. The van der Waals surface area contributed by atoms with Crippen LogP contribution in [0, 0.1) is 0 Å². The summed E-state index contributed by atoms with van der Waals surface area (Å²) in [7, 11) is 0. The Morgan fingerprint density at radius 2 is 2.06 bits per heavy atom. The molecule has 0 bridgehead atoms. The van der Waals surface area contributed by atoms with Crippen molar-refractivity contribution in [1.82, 2.24) is 9.97 Å². The molecule has 0 atom stereocenters. The Morgan fingerprint density at radius 1 is 1.38 bits per heavy atom. The van der Waals surface area contributed by atoms with E-state index >= 15 is 0 Å². The van der Waals surface area contributed by atoms with Crippen LogP contribution in [0.5, 0.6) is 5.88 Å². The van der Waals surface area contributed by atoms with E-state index in [1.54, 1.807) is 6.07 Å². The highest BCUT2D eigenvalue weighted by atomic mass is 16.5. The van der Waals surface area contributed by atoms with E-state index < -0.39 is 0 Å². The highest BCUT2D eigenvalue weighted by Crippen LogP contribution is 2.19. The third-order valence-electron chi connectivity index (χ3n) is 1.69. The fraction of sp³-hybridized carbons (Fsp3) is 0.636. The maximum absolute atomic E-state index is 5.63. The number of aromatic nitrogens is 2. The molecule has 0 saturated carbocycles. The first kappa shape index (κ1) is 12.5. The molecule has 0 aliphatic heterocycles. The molecule has 0 aliphatic rings. The number of ether oxygens (including phenoxy) is 1. The molecule has 16 heavy (non-hydrogen) atoms. The Bertz CT molecular complexity index is 346. The number of hydrogen-bond acceptors (Lipinski definition) is 5. The molecule has 1 aromatic heterocycles. The van der Waals surface area contributed by atoms with Gasteiger partial charge in [0.1, 0.15) is 11.4 Å². The molecule has 0 saturated heterocycles. The lowest BCUT2D eigenvalue weighted by molar-refractivity contribution is 0.124. The summed E-state index contributed by atoms with van der Waals surface area (Å²) in [5, 5.41) is 3.15. The van der Waals surface area contributed by atoms with Crippen LogP contribution >= 0.6 is 0 Å². The van der Waals surface area contributed by atoms with Gasteiger partial charge in [-0.3, -0.25) is 0 Å². The summed E-state index contributed by atoms with van der Waals surface area (Å²) in [6.45, 7) is 8.83. The SMILES string of the molecule is CCCNc1cc(OC(C)(C)C)nc(N)n1. The van der Waals surface area contributed by atoms with Crippen LogP contribution in [0.2, 0.25) is 0 Å². The van der Waals surface area contributed by atoms with Crippen LogP contribution in [0.3, 0.4) is 0 Å². The molecule has 0 radical (unpaired) electrons. The molecule has 5 heteroatoms. The minimum atomic E-state index is -0.289. The van der Waals surface area contributed by atoms with Gasteiger partial charge in [0.25, 0.3) is 0 Å². The highest BCUT2D eigenvalue weighted by Gasteiger charge is 2.14. The van der Waals surface area contributed by atoms with Crippen molar-refractivity contribution in [3.05, 3.63) is 6.07 Å². The zero-order valence-corrected chi connectivity index (χ0v) is 10.4. The maximum atomic E-state index is 5.63. The van der Waals surface area contributed by atoms with E-state index in [1.807, 2.05) is 20.8 Å². The van der Waals surface area contributed by atoms with Crippen LogP contribution in [0.15, 0.2) is 6.07 Å². The van der Waals surface area contributed by atoms with E-state index in [0.717, 1.165) is 13.0 Å². The first-order valence-corrected chi connectivity index (χ1v) is 5.48. The lowest BCUT2D eigenvalue weighted by Crippen LogP contribution is -2.24. The second-order valence-corrected chi connectivity index (χ2v) is 4.59. The summed E-state index contributed by atoms with van der Waals surface area (Å²) in [5.74, 6) is 1.42. The van der Waals surface area contributed by atoms with Crippen LogP contribution in [-0.2, 0) is 0 Å². The van der Waals surface area contributed by atoms with Crippen LogP contribution < -0.4 is 15.8 Å². The van der Waals surface area contributed by atoms with Crippen molar-refractivity contribution in [1.29, 1.82) is 0 Å². The van der Waals surface area contributed by atoms with E-state index in [9.17, 15) is 0 Å². The average molecular weight is 224 g/mol. The second-order valence-electron chi connectivity index (χ2n) is 4.59. The van der Waals surface area contributed by atoms with Gasteiger partial charge in [0, 0.05) is 12.6 Å². The van der Waals surface area contributed by atoms with Gasteiger partial charge in [-0.15, -0.1) is 0 Å². The van der Waals surface area contributed by atoms with Crippen LogP contribution in [0.25, 0.3) is 0 Å². The van der Waals surface area contributed by atoms with Crippen LogP contribution in [0.4, 0.5) is 11.8 Å². The van der Waals surface area contributed by atoms with Gasteiger partial charge in [0.15, 0.2) is 0 Å². The number of hydrogen-bond donors (Lipinski definition) is 2. The second kappa shape index (κ2) is 5.01. The molecule has 3 N–H and O–H groups in total. The zero-order chi connectivity index (χ0) is 12.2. The smallest absolute Gasteiger partial charge is 0.225 e. The zero-order valence-electron chi connectivity index (χ0n) is 10.4. The Balaban J connectivity index is 2.81. The van der Waals surface area contributed by atoms with Crippen molar-refractivity contribution in [2.75, 3.05) is 17.6 Å². The van der Waals surface area contributed by atoms with Gasteiger partial charge in [0.05, 0.1) is 0 Å². The molecular weight excluding hydrogens is 204 g/mol. The van der Waals surface area contributed by atoms with Gasteiger partial charge >= 0.3 is 0 Å². The van der Waals surface area contributed by atoms with Gasteiger partial charge in [0.2, 0.25) is 11.8 Å². The van der Waals surface area contributed by atoms with E-state index in [-0.39, 0.29) is 11.5 Å². The normalized spacial score (nSPS) is 11.2. The van der Waals surface area contributed by atoms with E-state index in [1.165, 1.54) is 0 Å². The molecule has 0 aromatic carbocycles. The number of nitrogens with one attached hydrogen (secondary N) is 1. The molecule has 0 fully saturated rings. The molecule has 0 amide bonds. The van der Waals surface area contributed by atoms with Crippen molar-refractivity contribution in [2.45, 2.75) is 39.7 Å². The van der Waals surface area contributed by atoms with Crippen molar-refractivity contribution in [3.63, 3.8) is 0 Å². The molecule has 90 valence electrons. The lowest BCUT2D eigenvalue weighted by atomic mass is 10.2. The molecular formula is C11H20N4O. The molecule has 0 spiro atoms. The third kappa shape index (κ3) is 4.33. The van der Waals surface area contributed by atoms with Crippen molar-refractivity contribution >= 4 is 11.8 Å². The van der Waals surface area contributed by atoms with Crippen molar-refractivity contribution < 1.29 is 4.74 Å². The maximum Gasteiger partial charge on any atom is 0.225 e. The Kier molecular flexibility index (Phi) is 3.93. The monoisotopic (exact) mass is 224 g/mol. The molecule has 0 aliphatic carbocycles. The van der Waals surface area contributed by atoms with E-state index in [2.05, 4.69) is 22.2 Å². The number of anilines is 2. The summed E-state index contributed by atoms with van der Waals surface area (Å²) >= 11 is 0. The molecule has 0 unspecified atom stereocenters. The predicted molar refractivity (Wildman–Crippen MR) is 65.6 cm³/mol. The van der Waals surface area contributed by atoms with Crippen molar-refractivity contribution in [2.24, 2.45) is 0 Å². The number of nitrogens with two attached hydrogens (primary N) is 1. The fourth-order valence-electron chi connectivity index (χ4n) is 1.15. The summed E-state index contributed by atoms with van der Waals surface area (Å²) in [6, 6.07) is 1.76. The number of nitrogens with zero attached hydrogens (tertiary/aromatic N) is 2. The summed E-state index contributed by atoms with van der Waals surface area (Å²) in [4.78, 5) is 8.11. The highest BCUT2D eigenvalue weighted by molar-refractivity contribution is 5.42. The minimum absolute atomic E-state index is 0.223. The Hall–Kier alpha value is -1.52. The summed E-state index contributed by atoms with van der Waals surface area (Å²) in [6.07, 6.45) is 1.03. The van der Waals surface area contributed by atoms with Gasteiger partial charge in [-0.05, 0) is 27.2 Å². The Labute approximate surface area is 96.4 Å². The van der Waals surface area contributed by atoms with E-state index in [0.29, 0.717) is 11.7 Å². The number of rotatable bonds is 4. The Morgan fingerprint density at radius 3 is 2.62 bits per heavy atom. The standard InChI is InChI=1S/C11H20N4O/c1-5-6-13-8-7-9(15-10(12)14-8)16-11(2,3)4/h7H,5-6H2,1-4H3,(H3,12,13,14,15). The first-order valence-electron chi connectivity index (χ1n) is 5.48. The summed E-state index contributed by atoms with van der Waals surface area (Å²) in [5.41, 5.74) is 5.32. The fourth-order valence-corrected chi connectivity index (χ4v) is 1.15. The third-order valence-corrected chi connectivity index (χ3v) is 1.69. The lowest BCUT2D eigenvalue weighted by Gasteiger charge is -2.20. The van der Waals surface area contributed by atoms with Crippen molar-refractivity contribution in [3.8, 4) is 5.88 Å². The average Bonchev–Trinajstić information content (AvgIpc) is 2.10. The minimum Gasteiger partial charge on any atom is -0.472 e.